The molecule has 0 bridgehead atoms. The van der Waals surface area contributed by atoms with Crippen LogP contribution in [0.1, 0.15) is 34.6 Å². The average molecular weight is 400 g/mol. The number of halogens is 3. The molecule has 0 N–H and O–H groups in total. The Hall–Kier alpha value is -2.60. The van der Waals surface area contributed by atoms with Gasteiger partial charge in [0, 0.05) is 30.3 Å². The zero-order chi connectivity index (χ0) is 20.8. The number of likely N-dealkylation sites (tertiary alicyclic amines) is 1. The Morgan fingerprint density at radius 2 is 1.97 bits per heavy atom. The van der Waals surface area contributed by atoms with Crippen LogP contribution in [-0.2, 0) is 11.0 Å². The Kier molecular flexibility index (Phi) is 4.99. The topological polar surface area (TPSA) is 23.6 Å². The number of carbonyl (C=O) groups excluding carboxylic acids is 1. The number of rotatable bonds is 2. The van der Waals surface area contributed by atoms with Gasteiger partial charge in [-0.05, 0) is 62.3 Å². The van der Waals surface area contributed by atoms with Crippen molar-refractivity contribution in [3.8, 4) is 0 Å². The summed E-state index contributed by atoms with van der Waals surface area (Å²) >= 11 is 0. The van der Waals surface area contributed by atoms with E-state index in [2.05, 4.69) is 18.0 Å². The van der Waals surface area contributed by atoms with Crippen LogP contribution < -0.4 is 4.90 Å². The molecule has 152 valence electrons. The lowest BCUT2D eigenvalue weighted by Crippen LogP contribution is -2.46. The molecule has 0 spiro atoms. The molecule has 2 aromatic carbocycles. The van der Waals surface area contributed by atoms with Crippen LogP contribution in [0, 0.1) is 6.92 Å². The fraction of sp³-hybridized carbons (Fsp3) is 0.348. The minimum atomic E-state index is -4.40. The van der Waals surface area contributed by atoms with Crippen molar-refractivity contribution in [1.82, 2.24) is 4.90 Å². The molecule has 1 saturated heterocycles. The molecule has 0 saturated carbocycles. The molecule has 4 rings (SSSR count). The number of piperidine rings is 1. The lowest BCUT2D eigenvalue weighted by Gasteiger charge is -2.36. The maximum atomic E-state index is 13.1. The van der Waals surface area contributed by atoms with Crippen LogP contribution in [0.25, 0.3) is 6.08 Å². The van der Waals surface area contributed by atoms with Gasteiger partial charge in [0.2, 0.25) is 0 Å². The minimum absolute atomic E-state index is 0.0849. The molecule has 6 heteroatoms. The second kappa shape index (κ2) is 7.34. The van der Waals surface area contributed by atoms with Crippen molar-refractivity contribution < 1.29 is 18.0 Å². The standard InChI is InChI=1S/C23H23F3N2O/c1-15-6-8-20-18(12-15)19-14-27(2)11-10-21(19)28(20)22(29)9-7-16-4-3-5-17(13-16)23(24,25)26/h3-9,12-13,19,21H,10-11,14H2,1-2H3/b9-7+. The van der Waals surface area contributed by atoms with E-state index in [9.17, 15) is 18.0 Å². The second-order valence-electron chi connectivity index (χ2n) is 7.95. The van der Waals surface area contributed by atoms with Crippen LogP contribution in [0.2, 0.25) is 0 Å². The number of aryl methyl sites for hydroxylation is 1. The number of fused-ring (bicyclic) bond motifs is 3. The molecule has 2 atom stereocenters. The fourth-order valence-electron chi connectivity index (χ4n) is 4.43. The molecule has 3 nitrogen and oxygen atoms in total. The van der Waals surface area contributed by atoms with Crippen molar-refractivity contribution in [2.45, 2.75) is 31.5 Å². The third-order valence-corrected chi connectivity index (χ3v) is 5.82. The van der Waals surface area contributed by atoms with Crippen LogP contribution in [0.5, 0.6) is 0 Å². The third-order valence-electron chi connectivity index (χ3n) is 5.82. The molecule has 1 amide bonds. The smallest absolute Gasteiger partial charge is 0.306 e. The van der Waals surface area contributed by atoms with E-state index in [1.54, 1.807) is 6.07 Å². The number of hydrogen-bond acceptors (Lipinski definition) is 2. The van der Waals surface area contributed by atoms with Crippen LogP contribution in [0.3, 0.4) is 0 Å². The van der Waals surface area contributed by atoms with Gasteiger partial charge in [-0.2, -0.15) is 13.2 Å². The first kappa shape index (κ1) is 19.7. The van der Waals surface area contributed by atoms with E-state index < -0.39 is 11.7 Å². The number of likely N-dealkylation sites (N-methyl/N-ethyl adjacent to an activating group) is 1. The Morgan fingerprint density at radius 3 is 2.72 bits per heavy atom. The second-order valence-corrected chi connectivity index (χ2v) is 7.95. The number of anilines is 1. The molecule has 2 aromatic rings. The quantitative estimate of drug-likeness (QED) is 0.672. The third kappa shape index (κ3) is 3.81. The SMILES string of the molecule is Cc1ccc2c(c1)C1CN(C)CCC1N2C(=O)/C=C/c1cccc(C(F)(F)F)c1. The minimum Gasteiger partial charge on any atom is -0.306 e. The predicted molar refractivity (Wildman–Crippen MR) is 108 cm³/mol. The summed E-state index contributed by atoms with van der Waals surface area (Å²) < 4.78 is 38.8. The van der Waals surface area contributed by atoms with Crippen molar-refractivity contribution in [2.75, 3.05) is 25.0 Å². The lowest BCUT2D eigenvalue weighted by atomic mass is 9.89. The zero-order valence-corrected chi connectivity index (χ0v) is 16.4. The molecular formula is C23H23F3N2O. The number of benzene rings is 2. The number of carbonyl (C=O) groups is 1. The van der Waals surface area contributed by atoms with Crippen LogP contribution in [0.4, 0.5) is 18.9 Å². The predicted octanol–water partition coefficient (Wildman–Crippen LogP) is 4.86. The van der Waals surface area contributed by atoms with E-state index in [0.29, 0.717) is 5.56 Å². The van der Waals surface area contributed by atoms with Crippen molar-refractivity contribution in [2.24, 2.45) is 0 Å². The van der Waals surface area contributed by atoms with Gasteiger partial charge in [-0.1, -0.05) is 29.8 Å². The highest BCUT2D eigenvalue weighted by atomic mass is 19.4. The van der Waals surface area contributed by atoms with E-state index in [1.165, 1.54) is 23.8 Å². The lowest BCUT2D eigenvalue weighted by molar-refractivity contribution is -0.137. The number of nitrogens with zero attached hydrogens (tertiary/aromatic N) is 2. The summed E-state index contributed by atoms with van der Waals surface area (Å²) in [6.45, 7) is 3.84. The van der Waals surface area contributed by atoms with Gasteiger partial charge >= 0.3 is 6.18 Å². The highest BCUT2D eigenvalue weighted by Crippen LogP contribution is 2.45. The van der Waals surface area contributed by atoms with E-state index in [4.69, 9.17) is 0 Å². The van der Waals surface area contributed by atoms with Gasteiger partial charge in [0.15, 0.2) is 0 Å². The van der Waals surface area contributed by atoms with Crippen molar-refractivity contribution in [3.05, 3.63) is 70.8 Å². The number of amides is 1. The first-order chi connectivity index (χ1) is 13.7. The summed E-state index contributed by atoms with van der Waals surface area (Å²) in [5, 5.41) is 0. The van der Waals surface area contributed by atoms with E-state index in [0.717, 1.165) is 42.9 Å². The maximum absolute atomic E-state index is 13.1. The van der Waals surface area contributed by atoms with Crippen molar-refractivity contribution in [1.29, 1.82) is 0 Å². The Morgan fingerprint density at radius 1 is 1.17 bits per heavy atom. The summed E-state index contributed by atoms with van der Waals surface area (Å²) in [5.41, 5.74) is 2.90. The first-order valence-corrected chi connectivity index (χ1v) is 9.71. The molecular weight excluding hydrogens is 377 g/mol. The van der Waals surface area contributed by atoms with Gasteiger partial charge in [-0.15, -0.1) is 0 Å². The molecule has 2 aliphatic rings. The van der Waals surface area contributed by atoms with Gasteiger partial charge in [0.1, 0.15) is 0 Å². The van der Waals surface area contributed by atoms with E-state index in [-0.39, 0.29) is 17.9 Å². The first-order valence-electron chi connectivity index (χ1n) is 9.71. The molecule has 0 radical (unpaired) electrons. The van der Waals surface area contributed by atoms with E-state index in [1.807, 2.05) is 24.0 Å². The van der Waals surface area contributed by atoms with Crippen LogP contribution >= 0.6 is 0 Å². The van der Waals surface area contributed by atoms with Gasteiger partial charge in [-0.3, -0.25) is 4.79 Å². The molecule has 2 aliphatic heterocycles. The summed E-state index contributed by atoms with van der Waals surface area (Å²) in [6, 6.07) is 11.2. The molecule has 2 heterocycles. The molecule has 0 aliphatic carbocycles. The molecule has 2 unspecified atom stereocenters. The maximum Gasteiger partial charge on any atom is 0.416 e. The largest absolute Gasteiger partial charge is 0.416 e. The van der Waals surface area contributed by atoms with Gasteiger partial charge in [-0.25, -0.2) is 0 Å². The Balaban J connectivity index is 1.63. The average Bonchev–Trinajstić information content (AvgIpc) is 2.98. The number of hydrogen-bond donors (Lipinski definition) is 0. The number of alkyl halides is 3. The molecule has 29 heavy (non-hydrogen) atoms. The summed E-state index contributed by atoms with van der Waals surface area (Å²) in [6.07, 6.45) is -0.674. The highest BCUT2D eigenvalue weighted by molar-refractivity contribution is 6.06. The van der Waals surface area contributed by atoms with E-state index >= 15 is 0 Å². The van der Waals surface area contributed by atoms with Gasteiger partial charge < -0.3 is 9.80 Å². The Labute approximate surface area is 168 Å². The van der Waals surface area contributed by atoms with Crippen molar-refractivity contribution in [3.63, 3.8) is 0 Å². The van der Waals surface area contributed by atoms with Gasteiger partial charge in [0.05, 0.1) is 5.56 Å². The summed E-state index contributed by atoms with van der Waals surface area (Å²) in [7, 11) is 2.09. The normalized spacial score (nSPS) is 22.0. The monoisotopic (exact) mass is 400 g/mol. The highest BCUT2D eigenvalue weighted by Gasteiger charge is 2.43. The van der Waals surface area contributed by atoms with Crippen LogP contribution in [0.15, 0.2) is 48.5 Å². The fourth-order valence-corrected chi connectivity index (χ4v) is 4.43. The van der Waals surface area contributed by atoms with Gasteiger partial charge in [0.25, 0.3) is 5.91 Å². The summed E-state index contributed by atoms with van der Waals surface area (Å²) in [5.74, 6) is 0.0686. The van der Waals surface area contributed by atoms with Crippen LogP contribution in [-0.4, -0.2) is 37.0 Å². The van der Waals surface area contributed by atoms with Crippen molar-refractivity contribution >= 4 is 17.7 Å². The molecule has 0 aromatic heterocycles. The zero-order valence-electron chi connectivity index (χ0n) is 16.4. The Bertz CT molecular complexity index is 967. The summed E-state index contributed by atoms with van der Waals surface area (Å²) in [4.78, 5) is 17.2. The molecule has 1 fully saturated rings.